The molecule has 0 amide bonds. The number of aromatic nitrogens is 2. The van der Waals surface area contributed by atoms with Crippen LogP contribution in [0.25, 0.3) is 11.5 Å². The molecule has 5 nitrogen and oxygen atoms in total. The summed E-state index contributed by atoms with van der Waals surface area (Å²) in [7, 11) is 0. The van der Waals surface area contributed by atoms with E-state index >= 15 is 0 Å². The van der Waals surface area contributed by atoms with Crippen molar-refractivity contribution < 1.29 is 8.83 Å². The van der Waals surface area contributed by atoms with E-state index in [-0.39, 0.29) is 0 Å². The highest BCUT2D eigenvalue weighted by molar-refractivity contribution is 5.51. The van der Waals surface area contributed by atoms with Gasteiger partial charge in [-0.05, 0) is 6.42 Å². The van der Waals surface area contributed by atoms with Gasteiger partial charge >= 0.3 is 0 Å². The van der Waals surface area contributed by atoms with Gasteiger partial charge in [0.1, 0.15) is 0 Å². The fourth-order valence-corrected chi connectivity index (χ4v) is 1.38. The summed E-state index contributed by atoms with van der Waals surface area (Å²) in [5, 5.41) is 0. The number of hydrogen-bond donors (Lipinski definition) is 1. The molecule has 2 aromatic heterocycles. The highest BCUT2D eigenvalue weighted by Gasteiger charge is 2.13. The summed E-state index contributed by atoms with van der Waals surface area (Å²) in [6, 6.07) is 0. The number of oxazole rings is 2. The van der Waals surface area contributed by atoms with Gasteiger partial charge in [-0.15, -0.1) is 0 Å². The first-order valence-electron chi connectivity index (χ1n) is 4.92. The Kier molecular flexibility index (Phi) is 2.82. The van der Waals surface area contributed by atoms with E-state index in [9.17, 15) is 0 Å². The zero-order valence-electron chi connectivity index (χ0n) is 8.56. The van der Waals surface area contributed by atoms with E-state index in [2.05, 4.69) is 9.97 Å². The molecule has 15 heavy (non-hydrogen) atoms. The van der Waals surface area contributed by atoms with Gasteiger partial charge in [-0.25, -0.2) is 9.97 Å². The Morgan fingerprint density at radius 1 is 1.40 bits per heavy atom. The summed E-state index contributed by atoms with van der Waals surface area (Å²) < 4.78 is 10.7. The highest BCUT2D eigenvalue weighted by Crippen LogP contribution is 2.24. The van der Waals surface area contributed by atoms with E-state index in [4.69, 9.17) is 14.6 Å². The average Bonchev–Trinajstić information content (AvgIpc) is 2.84. The Bertz CT molecular complexity index is 433. The molecule has 0 spiro atoms. The van der Waals surface area contributed by atoms with Crippen LogP contribution in [0.4, 0.5) is 0 Å². The molecule has 0 aromatic carbocycles. The predicted octanol–water partition coefficient (Wildman–Crippen LogP) is 1.39. The van der Waals surface area contributed by atoms with Crippen LogP contribution >= 0.6 is 0 Å². The fraction of sp³-hybridized carbons (Fsp3) is 0.400. The van der Waals surface area contributed by atoms with Crippen LogP contribution in [0.2, 0.25) is 0 Å². The number of nitrogens with two attached hydrogens (primary N) is 1. The van der Waals surface area contributed by atoms with E-state index in [0.29, 0.717) is 30.4 Å². The standard InChI is InChI=1S/C10H13N3O2/c1-2-7-10(14-6-13-7)8-5-12-9(15-8)3-4-11/h5-6H,2-4,11H2,1H3. The van der Waals surface area contributed by atoms with Crippen LogP contribution < -0.4 is 5.73 Å². The van der Waals surface area contributed by atoms with Crippen LogP contribution in [-0.2, 0) is 12.8 Å². The molecule has 0 fully saturated rings. The summed E-state index contributed by atoms with van der Waals surface area (Å²) in [4.78, 5) is 8.19. The minimum Gasteiger partial charge on any atom is -0.440 e. The lowest BCUT2D eigenvalue weighted by molar-refractivity contribution is 0.481. The van der Waals surface area contributed by atoms with Crippen LogP contribution in [0.15, 0.2) is 21.4 Å². The topological polar surface area (TPSA) is 78.1 Å². The van der Waals surface area contributed by atoms with Gasteiger partial charge in [0.2, 0.25) is 0 Å². The van der Waals surface area contributed by atoms with Crippen LogP contribution in [0.5, 0.6) is 0 Å². The lowest BCUT2D eigenvalue weighted by Gasteiger charge is -1.93. The Morgan fingerprint density at radius 3 is 3.00 bits per heavy atom. The molecule has 0 aliphatic carbocycles. The van der Waals surface area contributed by atoms with Gasteiger partial charge in [0.15, 0.2) is 23.8 Å². The predicted molar refractivity (Wildman–Crippen MR) is 54.1 cm³/mol. The molecule has 2 N–H and O–H groups in total. The van der Waals surface area contributed by atoms with E-state index in [1.54, 1.807) is 6.20 Å². The Balaban J connectivity index is 2.28. The summed E-state index contributed by atoms with van der Waals surface area (Å²) in [6.07, 6.45) is 4.50. The molecule has 2 heterocycles. The summed E-state index contributed by atoms with van der Waals surface area (Å²) >= 11 is 0. The lowest BCUT2D eigenvalue weighted by Crippen LogP contribution is -2.02. The number of hydrogen-bond acceptors (Lipinski definition) is 5. The van der Waals surface area contributed by atoms with Crippen molar-refractivity contribution in [2.45, 2.75) is 19.8 Å². The van der Waals surface area contributed by atoms with Gasteiger partial charge in [-0.1, -0.05) is 6.92 Å². The van der Waals surface area contributed by atoms with E-state index < -0.39 is 0 Å². The van der Waals surface area contributed by atoms with Crippen molar-refractivity contribution in [3.8, 4) is 11.5 Å². The first kappa shape index (κ1) is 9.92. The maximum atomic E-state index is 5.49. The Labute approximate surface area is 87.3 Å². The van der Waals surface area contributed by atoms with Gasteiger partial charge in [0.25, 0.3) is 0 Å². The van der Waals surface area contributed by atoms with Gasteiger partial charge < -0.3 is 14.6 Å². The number of aryl methyl sites for hydroxylation is 1. The molecule has 0 saturated heterocycles. The van der Waals surface area contributed by atoms with Crippen molar-refractivity contribution >= 4 is 0 Å². The molecule has 80 valence electrons. The van der Waals surface area contributed by atoms with Crippen LogP contribution in [-0.4, -0.2) is 16.5 Å². The molecule has 0 radical (unpaired) electrons. The van der Waals surface area contributed by atoms with Crippen LogP contribution in [0.1, 0.15) is 18.5 Å². The van der Waals surface area contributed by atoms with Gasteiger partial charge in [-0.3, -0.25) is 0 Å². The van der Waals surface area contributed by atoms with Crippen LogP contribution in [0, 0.1) is 0 Å². The zero-order valence-corrected chi connectivity index (χ0v) is 8.56. The normalized spacial score (nSPS) is 10.8. The zero-order chi connectivity index (χ0) is 10.7. The molecule has 0 atom stereocenters. The first-order valence-corrected chi connectivity index (χ1v) is 4.92. The van der Waals surface area contributed by atoms with E-state index in [1.165, 1.54) is 6.39 Å². The monoisotopic (exact) mass is 207 g/mol. The van der Waals surface area contributed by atoms with Crippen molar-refractivity contribution in [3.05, 3.63) is 24.2 Å². The van der Waals surface area contributed by atoms with Gasteiger partial charge in [-0.2, -0.15) is 0 Å². The molecule has 0 unspecified atom stereocenters. The number of rotatable bonds is 4. The highest BCUT2D eigenvalue weighted by atomic mass is 16.4. The molecular weight excluding hydrogens is 194 g/mol. The molecule has 2 rings (SSSR count). The summed E-state index contributed by atoms with van der Waals surface area (Å²) in [5.74, 6) is 1.91. The molecule has 2 aromatic rings. The molecule has 5 heteroatoms. The second kappa shape index (κ2) is 4.27. The largest absolute Gasteiger partial charge is 0.440 e. The molecule has 0 aliphatic rings. The minimum absolute atomic E-state index is 0.525. The maximum absolute atomic E-state index is 5.49. The van der Waals surface area contributed by atoms with Crippen molar-refractivity contribution in [2.75, 3.05) is 6.54 Å². The lowest BCUT2D eigenvalue weighted by atomic mass is 10.2. The Hall–Kier alpha value is -1.62. The van der Waals surface area contributed by atoms with E-state index in [1.807, 2.05) is 6.92 Å². The number of nitrogens with zero attached hydrogens (tertiary/aromatic N) is 2. The Morgan fingerprint density at radius 2 is 2.27 bits per heavy atom. The van der Waals surface area contributed by atoms with E-state index in [0.717, 1.165) is 12.1 Å². The fourth-order valence-electron chi connectivity index (χ4n) is 1.38. The van der Waals surface area contributed by atoms with Crippen LogP contribution in [0.3, 0.4) is 0 Å². The van der Waals surface area contributed by atoms with Crippen molar-refractivity contribution in [1.82, 2.24) is 9.97 Å². The summed E-state index contributed by atoms with van der Waals surface area (Å²) in [6.45, 7) is 2.54. The second-order valence-corrected chi connectivity index (χ2v) is 3.14. The molecule has 0 saturated carbocycles. The SMILES string of the molecule is CCc1ncoc1-c1cnc(CCN)o1. The third-order valence-electron chi connectivity index (χ3n) is 2.11. The van der Waals surface area contributed by atoms with Crippen molar-refractivity contribution in [1.29, 1.82) is 0 Å². The smallest absolute Gasteiger partial charge is 0.196 e. The first-order chi connectivity index (χ1) is 7.35. The molecule has 0 bridgehead atoms. The average molecular weight is 207 g/mol. The van der Waals surface area contributed by atoms with Crippen molar-refractivity contribution in [3.63, 3.8) is 0 Å². The third kappa shape index (κ3) is 1.92. The minimum atomic E-state index is 0.525. The maximum Gasteiger partial charge on any atom is 0.196 e. The second-order valence-electron chi connectivity index (χ2n) is 3.14. The molecule has 0 aliphatic heterocycles. The van der Waals surface area contributed by atoms with Gasteiger partial charge in [0.05, 0.1) is 11.9 Å². The summed E-state index contributed by atoms with van der Waals surface area (Å²) in [5.41, 5.74) is 6.29. The molecular formula is C10H13N3O2. The van der Waals surface area contributed by atoms with Crippen molar-refractivity contribution in [2.24, 2.45) is 5.73 Å². The van der Waals surface area contributed by atoms with Gasteiger partial charge in [0, 0.05) is 13.0 Å². The third-order valence-corrected chi connectivity index (χ3v) is 2.11. The quantitative estimate of drug-likeness (QED) is 0.819.